The standard InChI is InChI=1S/C22H26N4O2/c1-2-17-6-8-19(9-7-17)26-16-18(15-21(26)27)22(28)25-13-11-24(12-14-25)20-5-3-4-10-23-20/h3-10,18H,2,11-16H2,1H3/t18-/m1/s1. The van der Waals surface area contributed by atoms with Gasteiger partial charge in [-0.05, 0) is 36.2 Å². The normalized spacial score (nSPS) is 20.0. The number of amides is 2. The summed E-state index contributed by atoms with van der Waals surface area (Å²) in [5.41, 5.74) is 2.13. The van der Waals surface area contributed by atoms with E-state index in [2.05, 4.69) is 28.9 Å². The molecule has 0 bridgehead atoms. The molecular formula is C22H26N4O2. The van der Waals surface area contributed by atoms with Crippen LogP contribution < -0.4 is 9.80 Å². The lowest BCUT2D eigenvalue weighted by Crippen LogP contribution is -2.51. The second-order valence-corrected chi connectivity index (χ2v) is 7.43. The molecule has 6 heteroatoms. The summed E-state index contributed by atoms with van der Waals surface area (Å²) in [6.45, 7) is 5.47. The van der Waals surface area contributed by atoms with E-state index in [4.69, 9.17) is 0 Å². The number of hydrogen-bond acceptors (Lipinski definition) is 4. The van der Waals surface area contributed by atoms with Gasteiger partial charge in [0, 0.05) is 51.0 Å². The Morgan fingerprint density at radius 1 is 1.07 bits per heavy atom. The summed E-state index contributed by atoms with van der Waals surface area (Å²) >= 11 is 0. The van der Waals surface area contributed by atoms with Gasteiger partial charge in [0.1, 0.15) is 5.82 Å². The first-order chi connectivity index (χ1) is 13.7. The molecule has 0 N–H and O–H groups in total. The summed E-state index contributed by atoms with van der Waals surface area (Å²) in [5, 5.41) is 0. The fourth-order valence-corrected chi connectivity index (χ4v) is 3.99. The minimum atomic E-state index is -0.250. The molecule has 6 nitrogen and oxygen atoms in total. The Bertz CT molecular complexity index is 829. The minimum absolute atomic E-state index is 0.0368. The van der Waals surface area contributed by atoms with Crippen LogP contribution in [0.15, 0.2) is 48.7 Å². The number of aryl methyl sites for hydroxylation is 1. The van der Waals surface area contributed by atoms with E-state index in [0.29, 0.717) is 26.1 Å². The molecular weight excluding hydrogens is 352 g/mol. The summed E-state index contributed by atoms with van der Waals surface area (Å²) in [5.74, 6) is 0.837. The highest BCUT2D eigenvalue weighted by Gasteiger charge is 2.38. The van der Waals surface area contributed by atoms with Crippen LogP contribution in [0.2, 0.25) is 0 Å². The van der Waals surface area contributed by atoms with Gasteiger partial charge in [0.15, 0.2) is 0 Å². The maximum absolute atomic E-state index is 13.0. The Hall–Kier alpha value is -2.89. The highest BCUT2D eigenvalue weighted by Crippen LogP contribution is 2.27. The maximum atomic E-state index is 13.0. The quantitative estimate of drug-likeness (QED) is 0.820. The van der Waals surface area contributed by atoms with Gasteiger partial charge in [0.2, 0.25) is 11.8 Å². The number of benzene rings is 1. The fraction of sp³-hybridized carbons (Fsp3) is 0.409. The average molecular weight is 378 g/mol. The predicted molar refractivity (Wildman–Crippen MR) is 109 cm³/mol. The number of rotatable bonds is 4. The van der Waals surface area contributed by atoms with E-state index in [0.717, 1.165) is 31.0 Å². The van der Waals surface area contributed by atoms with E-state index in [1.807, 2.05) is 35.2 Å². The molecule has 0 radical (unpaired) electrons. The lowest BCUT2D eigenvalue weighted by Gasteiger charge is -2.36. The second kappa shape index (κ2) is 8.00. The molecule has 0 unspecified atom stereocenters. The molecule has 2 aromatic rings. The van der Waals surface area contributed by atoms with Crippen LogP contribution in [-0.2, 0) is 16.0 Å². The molecule has 1 atom stereocenters. The third kappa shape index (κ3) is 3.72. The number of anilines is 2. The second-order valence-electron chi connectivity index (χ2n) is 7.43. The number of piperazine rings is 1. The molecule has 4 rings (SSSR count). The topological polar surface area (TPSA) is 56.8 Å². The van der Waals surface area contributed by atoms with E-state index in [9.17, 15) is 9.59 Å². The van der Waals surface area contributed by atoms with Crippen molar-refractivity contribution in [1.29, 1.82) is 0 Å². The number of pyridine rings is 1. The van der Waals surface area contributed by atoms with Crippen LogP contribution in [0.1, 0.15) is 18.9 Å². The largest absolute Gasteiger partial charge is 0.353 e. The zero-order valence-electron chi connectivity index (χ0n) is 16.3. The molecule has 2 saturated heterocycles. The van der Waals surface area contributed by atoms with Crippen LogP contribution in [-0.4, -0.2) is 54.4 Å². The molecule has 2 aliphatic heterocycles. The van der Waals surface area contributed by atoms with E-state index < -0.39 is 0 Å². The first-order valence-corrected chi connectivity index (χ1v) is 10.00. The van der Waals surface area contributed by atoms with Crippen molar-refractivity contribution in [2.45, 2.75) is 19.8 Å². The molecule has 0 saturated carbocycles. The van der Waals surface area contributed by atoms with Crippen molar-refractivity contribution in [3.05, 3.63) is 54.2 Å². The minimum Gasteiger partial charge on any atom is -0.353 e. The van der Waals surface area contributed by atoms with Crippen LogP contribution in [0, 0.1) is 5.92 Å². The molecule has 0 aliphatic carbocycles. The number of aromatic nitrogens is 1. The van der Waals surface area contributed by atoms with Gasteiger partial charge >= 0.3 is 0 Å². The zero-order chi connectivity index (χ0) is 19.5. The van der Waals surface area contributed by atoms with Crippen molar-refractivity contribution in [1.82, 2.24) is 9.88 Å². The van der Waals surface area contributed by atoms with Crippen molar-refractivity contribution >= 4 is 23.3 Å². The van der Waals surface area contributed by atoms with Gasteiger partial charge in [0.25, 0.3) is 0 Å². The highest BCUT2D eigenvalue weighted by molar-refractivity contribution is 6.00. The summed E-state index contributed by atoms with van der Waals surface area (Å²) in [6.07, 6.45) is 3.06. The van der Waals surface area contributed by atoms with Gasteiger partial charge in [0.05, 0.1) is 5.92 Å². The Morgan fingerprint density at radius 3 is 2.46 bits per heavy atom. The highest BCUT2D eigenvalue weighted by atomic mass is 16.2. The molecule has 0 spiro atoms. The van der Waals surface area contributed by atoms with Gasteiger partial charge in [-0.3, -0.25) is 9.59 Å². The van der Waals surface area contributed by atoms with Gasteiger partial charge in [-0.15, -0.1) is 0 Å². The number of carbonyl (C=O) groups is 2. The first-order valence-electron chi connectivity index (χ1n) is 10.00. The number of nitrogens with zero attached hydrogens (tertiary/aromatic N) is 4. The van der Waals surface area contributed by atoms with Crippen molar-refractivity contribution in [2.75, 3.05) is 42.5 Å². The molecule has 1 aromatic heterocycles. The number of carbonyl (C=O) groups excluding carboxylic acids is 2. The zero-order valence-corrected chi connectivity index (χ0v) is 16.3. The molecule has 2 aliphatic rings. The molecule has 28 heavy (non-hydrogen) atoms. The predicted octanol–water partition coefficient (Wildman–Crippen LogP) is 2.35. The summed E-state index contributed by atoms with van der Waals surface area (Å²) < 4.78 is 0. The molecule has 2 fully saturated rings. The van der Waals surface area contributed by atoms with Crippen LogP contribution in [0.3, 0.4) is 0 Å². The van der Waals surface area contributed by atoms with Gasteiger partial charge < -0.3 is 14.7 Å². The lowest BCUT2D eigenvalue weighted by molar-refractivity contribution is -0.136. The smallest absolute Gasteiger partial charge is 0.228 e. The van der Waals surface area contributed by atoms with Crippen molar-refractivity contribution in [3.8, 4) is 0 Å². The Balaban J connectivity index is 1.36. The average Bonchev–Trinajstić information content (AvgIpc) is 3.15. The maximum Gasteiger partial charge on any atom is 0.228 e. The SMILES string of the molecule is CCc1ccc(N2C[C@H](C(=O)N3CCN(c4ccccn4)CC3)CC2=O)cc1. The summed E-state index contributed by atoms with van der Waals surface area (Å²) in [4.78, 5) is 35.7. The van der Waals surface area contributed by atoms with Crippen LogP contribution in [0.4, 0.5) is 11.5 Å². The van der Waals surface area contributed by atoms with Gasteiger partial charge in [-0.1, -0.05) is 25.1 Å². The number of hydrogen-bond donors (Lipinski definition) is 0. The molecule has 146 valence electrons. The van der Waals surface area contributed by atoms with E-state index in [-0.39, 0.29) is 17.7 Å². The van der Waals surface area contributed by atoms with E-state index in [1.54, 1.807) is 11.1 Å². The molecule has 1 aromatic carbocycles. The Kier molecular flexibility index (Phi) is 5.28. The third-order valence-electron chi connectivity index (χ3n) is 5.70. The Morgan fingerprint density at radius 2 is 1.82 bits per heavy atom. The lowest BCUT2D eigenvalue weighted by atomic mass is 10.1. The van der Waals surface area contributed by atoms with Crippen molar-refractivity contribution < 1.29 is 9.59 Å². The summed E-state index contributed by atoms with van der Waals surface area (Å²) in [7, 11) is 0. The third-order valence-corrected chi connectivity index (χ3v) is 5.70. The van der Waals surface area contributed by atoms with Gasteiger partial charge in [-0.2, -0.15) is 0 Å². The monoisotopic (exact) mass is 378 g/mol. The van der Waals surface area contributed by atoms with Crippen molar-refractivity contribution in [3.63, 3.8) is 0 Å². The van der Waals surface area contributed by atoms with Crippen LogP contribution in [0.25, 0.3) is 0 Å². The first kappa shape index (κ1) is 18.5. The van der Waals surface area contributed by atoms with E-state index >= 15 is 0 Å². The van der Waals surface area contributed by atoms with Crippen LogP contribution in [0.5, 0.6) is 0 Å². The fourth-order valence-electron chi connectivity index (χ4n) is 3.99. The van der Waals surface area contributed by atoms with E-state index in [1.165, 1.54) is 5.56 Å². The Labute approximate surface area is 165 Å². The van der Waals surface area contributed by atoms with Gasteiger partial charge in [-0.25, -0.2) is 4.98 Å². The summed E-state index contributed by atoms with van der Waals surface area (Å²) in [6, 6.07) is 13.9. The molecule has 2 amide bonds. The van der Waals surface area contributed by atoms with Crippen molar-refractivity contribution in [2.24, 2.45) is 5.92 Å². The van der Waals surface area contributed by atoms with Crippen LogP contribution >= 0.6 is 0 Å². The molecule has 3 heterocycles.